The van der Waals surface area contributed by atoms with Crippen molar-refractivity contribution in [3.05, 3.63) is 48.0 Å². The predicted molar refractivity (Wildman–Crippen MR) is 82.5 cm³/mol. The lowest BCUT2D eigenvalue weighted by atomic mass is 10.1. The van der Waals surface area contributed by atoms with E-state index in [1.807, 2.05) is 30.3 Å². The van der Waals surface area contributed by atoms with Crippen molar-refractivity contribution in [1.29, 1.82) is 0 Å². The summed E-state index contributed by atoms with van der Waals surface area (Å²) >= 11 is 0. The lowest BCUT2D eigenvalue weighted by molar-refractivity contribution is 0.305. The molecule has 0 atom stereocenters. The van der Waals surface area contributed by atoms with Crippen LogP contribution in [0, 0.1) is 0 Å². The first-order valence-electron chi connectivity index (χ1n) is 6.99. The van der Waals surface area contributed by atoms with Gasteiger partial charge >= 0.3 is 0 Å². The van der Waals surface area contributed by atoms with Crippen LogP contribution in [-0.4, -0.2) is 27.4 Å². The van der Waals surface area contributed by atoms with Crippen molar-refractivity contribution in [2.24, 2.45) is 0 Å². The van der Waals surface area contributed by atoms with Crippen molar-refractivity contribution < 1.29 is 14.2 Å². The average molecular weight is 285 g/mol. The van der Waals surface area contributed by atoms with Crippen LogP contribution in [-0.2, 0) is 6.54 Å². The molecule has 4 nitrogen and oxygen atoms in total. The molecular weight excluding hydrogens is 266 g/mol. The molecule has 4 heteroatoms. The first-order valence-corrected chi connectivity index (χ1v) is 6.99. The molecule has 2 aromatic carbocycles. The fraction of sp³-hybridized carbons (Fsp3) is 0.294. The van der Waals surface area contributed by atoms with Gasteiger partial charge in [-0.1, -0.05) is 12.1 Å². The Bertz CT molecular complexity index is 627. The van der Waals surface area contributed by atoms with Gasteiger partial charge in [-0.05, 0) is 29.8 Å². The van der Waals surface area contributed by atoms with Crippen LogP contribution in [0.2, 0.25) is 0 Å². The molecule has 0 N–H and O–H groups in total. The summed E-state index contributed by atoms with van der Waals surface area (Å²) in [7, 11) is 3.37. The third-order valence-corrected chi connectivity index (χ3v) is 3.63. The van der Waals surface area contributed by atoms with Gasteiger partial charge in [0.1, 0.15) is 23.9 Å². The van der Waals surface area contributed by atoms with Gasteiger partial charge in [0.2, 0.25) is 0 Å². The Labute approximate surface area is 124 Å². The molecule has 0 fully saturated rings. The Morgan fingerprint density at radius 3 is 2.67 bits per heavy atom. The molecule has 0 aliphatic carbocycles. The Hall–Kier alpha value is -2.36. The minimum absolute atomic E-state index is 0.698. The molecule has 1 heterocycles. The molecule has 3 rings (SSSR count). The molecule has 0 bridgehead atoms. The van der Waals surface area contributed by atoms with Crippen molar-refractivity contribution in [1.82, 2.24) is 0 Å². The smallest absolute Gasteiger partial charge is 0.142 e. The molecule has 0 spiro atoms. The van der Waals surface area contributed by atoms with Gasteiger partial charge in [0.25, 0.3) is 0 Å². The summed E-state index contributed by atoms with van der Waals surface area (Å²) in [6.07, 6.45) is 0. The third kappa shape index (κ3) is 2.89. The van der Waals surface area contributed by atoms with E-state index in [0.29, 0.717) is 6.61 Å². The molecule has 0 unspecified atom stereocenters. The SMILES string of the molecule is COc1cccc(CN2CCOc3ccc(OC)cc32)c1. The topological polar surface area (TPSA) is 30.9 Å². The van der Waals surface area contributed by atoms with E-state index in [1.54, 1.807) is 14.2 Å². The number of nitrogens with zero attached hydrogens (tertiary/aromatic N) is 1. The van der Waals surface area contributed by atoms with Crippen molar-refractivity contribution in [3.8, 4) is 17.2 Å². The quantitative estimate of drug-likeness (QED) is 0.863. The Kier molecular flexibility index (Phi) is 3.86. The zero-order chi connectivity index (χ0) is 14.7. The molecule has 1 aliphatic heterocycles. The van der Waals surface area contributed by atoms with Gasteiger partial charge in [-0.3, -0.25) is 0 Å². The molecule has 0 saturated heterocycles. The third-order valence-electron chi connectivity index (χ3n) is 3.63. The number of benzene rings is 2. The lowest BCUT2D eigenvalue weighted by Gasteiger charge is -2.31. The Balaban J connectivity index is 1.87. The Morgan fingerprint density at radius 1 is 1.05 bits per heavy atom. The number of hydrogen-bond donors (Lipinski definition) is 0. The summed E-state index contributed by atoms with van der Waals surface area (Å²) in [5.41, 5.74) is 2.29. The number of rotatable bonds is 4. The molecule has 0 saturated carbocycles. The molecule has 0 amide bonds. The molecular formula is C17H19NO3. The monoisotopic (exact) mass is 285 g/mol. The van der Waals surface area contributed by atoms with Gasteiger partial charge in [-0.25, -0.2) is 0 Å². The number of anilines is 1. The van der Waals surface area contributed by atoms with E-state index in [-0.39, 0.29) is 0 Å². The average Bonchev–Trinajstić information content (AvgIpc) is 2.55. The highest BCUT2D eigenvalue weighted by Gasteiger charge is 2.19. The summed E-state index contributed by atoms with van der Waals surface area (Å²) in [5, 5.41) is 0. The highest BCUT2D eigenvalue weighted by molar-refractivity contribution is 5.63. The maximum atomic E-state index is 5.71. The van der Waals surface area contributed by atoms with Gasteiger partial charge in [0, 0.05) is 12.6 Å². The van der Waals surface area contributed by atoms with Crippen LogP contribution < -0.4 is 19.1 Å². The largest absolute Gasteiger partial charge is 0.497 e. The summed E-state index contributed by atoms with van der Waals surface area (Å²) in [4.78, 5) is 2.30. The minimum atomic E-state index is 0.698. The van der Waals surface area contributed by atoms with Crippen LogP contribution in [0.25, 0.3) is 0 Å². The van der Waals surface area contributed by atoms with Gasteiger partial charge in [-0.2, -0.15) is 0 Å². The maximum Gasteiger partial charge on any atom is 0.142 e. The first-order chi connectivity index (χ1) is 10.3. The maximum absolute atomic E-state index is 5.71. The normalized spacial score (nSPS) is 13.3. The van der Waals surface area contributed by atoms with Crippen LogP contribution in [0.15, 0.2) is 42.5 Å². The second-order valence-corrected chi connectivity index (χ2v) is 4.96. The Morgan fingerprint density at radius 2 is 1.86 bits per heavy atom. The summed E-state index contributed by atoms with van der Waals surface area (Å²) < 4.78 is 16.3. The molecule has 1 aliphatic rings. The van der Waals surface area contributed by atoms with E-state index < -0.39 is 0 Å². The van der Waals surface area contributed by atoms with Crippen LogP contribution >= 0.6 is 0 Å². The highest BCUT2D eigenvalue weighted by Crippen LogP contribution is 2.35. The summed E-state index contributed by atoms with van der Waals surface area (Å²) in [5.74, 6) is 2.63. The van der Waals surface area contributed by atoms with E-state index in [0.717, 1.165) is 36.0 Å². The van der Waals surface area contributed by atoms with Crippen LogP contribution in [0.4, 0.5) is 5.69 Å². The van der Waals surface area contributed by atoms with Gasteiger partial charge in [0.15, 0.2) is 0 Å². The first kappa shape index (κ1) is 13.6. The van der Waals surface area contributed by atoms with E-state index in [1.165, 1.54) is 5.56 Å². The summed E-state index contributed by atoms with van der Waals surface area (Å²) in [6, 6.07) is 14.1. The van der Waals surface area contributed by atoms with Crippen LogP contribution in [0.1, 0.15) is 5.56 Å². The van der Waals surface area contributed by atoms with Crippen molar-refractivity contribution >= 4 is 5.69 Å². The fourth-order valence-corrected chi connectivity index (χ4v) is 2.54. The van der Waals surface area contributed by atoms with E-state index >= 15 is 0 Å². The molecule has 110 valence electrons. The molecule has 2 aromatic rings. The highest BCUT2D eigenvalue weighted by atomic mass is 16.5. The zero-order valence-corrected chi connectivity index (χ0v) is 12.3. The van der Waals surface area contributed by atoms with Crippen LogP contribution in [0.3, 0.4) is 0 Å². The predicted octanol–water partition coefficient (Wildman–Crippen LogP) is 3.10. The van der Waals surface area contributed by atoms with E-state index in [9.17, 15) is 0 Å². The molecule has 0 aromatic heterocycles. The fourth-order valence-electron chi connectivity index (χ4n) is 2.54. The zero-order valence-electron chi connectivity index (χ0n) is 12.3. The van der Waals surface area contributed by atoms with Crippen LogP contribution in [0.5, 0.6) is 17.2 Å². The standard InChI is InChI=1S/C17H19NO3/c1-19-14-5-3-4-13(10-14)12-18-8-9-21-17-7-6-15(20-2)11-16(17)18/h3-7,10-11H,8-9,12H2,1-2H3. The molecule has 21 heavy (non-hydrogen) atoms. The van der Waals surface area contributed by atoms with E-state index in [2.05, 4.69) is 17.0 Å². The summed E-state index contributed by atoms with van der Waals surface area (Å²) in [6.45, 7) is 2.38. The van der Waals surface area contributed by atoms with Crippen molar-refractivity contribution in [3.63, 3.8) is 0 Å². The van der Waals surface area contributed by atoms with Crippen molar-refractivity contribution in [2.75, 3.05) is 32.3 Å². The lowest BCUT2D eigenvalue weighted by Crippen LogP contribution is -2.32. The number of ether oxygens (including phenoxy) is 3. The minimum Gasteiger partial charge on any atom is -0.497 e. The van der Waals surface area contributed by atoms with Gasteiger partial charge in [-0.15, -0.1) is 0 Å². The number of hydrogen-bond acceptors (Lipinski definition) is 4. The second-order valence-electron chi connectivity index (χ2n) is 4.96. The van der Waals surface area contributed by atoms with E-state index in [4.69, 9.17) is 14.2 Å². The van der Waals surface area contributed by atoms with Crippen molar-refractivity contribution in [2.45, 2.75) is 6.54 Å². The number of fused-ring (bicyclic) bond motifs is 1. The van der Waals surface area contributed by atoms with Gasteiger partial charge < -0.3 is 19.1 Å². The van der Waals surface area contributed by atoms with Gasteiger partial charge in [0.05, 0.1) is 26.5 Å². The molecule has 0 radical (unpaired) electrons. The number of methoxy groups -OCH3 is 2. The second kappa shape index (κ2) is 5.95.